The van der Waals surface area contributed by atoms with Crippen molar-refractivity contribution in [3.8, 4) is 16.9 Å². The van der Waals surface area contributed by atoms with Crippen molar-refractivity contribution in [1.29, 1.82) is 0 Å². The highest BCUT2D eigenvalue weighted by Gasteiger charge is 2.33. The Hall–Kier alpha value is -4.95. The van der Waals surface area contributed by atoms with Gasteiger partial charge in [0.2, 0.25) is 0 Å². The molecule has 0 aliphatic carbocycles. The summed E-state index contributed by atoms with van der Waals surface area (Å²) in [5.41, 5.74) is -1.11. The van der Waals surface area contributed by atoms with Gasteiger partial charge in [0, 0.05) is 22.3 Å². The predicted molar refractivity (Wildman–Crippen MR) is 176 cm³/mol. The van der Waals surface area contributed by atoms with E-state index in [4.69, 9.17) is 4.74 Å². The summed E-state index contributed by atoms with van der Waals surface area (Å²) >= 11 is 1.31. The molecular formula is C33H32FN3O8S2. The molecule has 0 radical (unpaired) electrons. The van der Waals surface area contributed by atoms with Gasteiger partial charge in [-0.05, 0) is 80.4 Å². The van der Waals surface area contributed by atoms with Crippen LogP contribution in [0.5, 0.6) is 5.75 Å². The van der Waals surface area contributed by atoms with Crippen LogP contribution in [-0.2, 0) is 19.6 Å². The van der Waals surface area contributed by atoms with Gasteiger partial charge in [-0.25, -0.2) is 17.5 Å². The number of hydrogen-bond acceptors (Lipinski definition) is 10. The lowest BCUT2D eigenvalue weighted by atomic mass is 10.0. The van der Waals surface area contributed by atoms with Crippen LogP contribution in [0.2, 0.25) is 0 Å². The number of nitrogens with one attached hydrogen (secondary N) is 2. The Labute approximate surface area is 275 Å². The van der Waals surface area contributed by atoms with Gasteiger partial charge in [0.25, 0.3) is 15.9 Å². The highest BCUT2D eigenvalue weighted by atomic mass is 32.2. The Morgan fingerprint density at radius 1 is 0.957 bits per heavy atom. The number of hydrogen-bond donors (Lipinski definition) is 3. The van der Waals surface area contributed by atoms with Gasteiger partial charge >= 0.3 is 11.7 Å². The summed E-state index contributed by atoms with van der Waals surface area (Å²) in [5.74, 6) is -2.77. The average Bonchev–Trinajstić information content (AvgIpc) is 2.99. The molecule has 0 aromatic heterocycles. The number of esters is 1. The number of sulfonamides is 1. The number of nitro benzene ring substituents is 1. The number of phenols is 1. The highest BCUT2D eigenvalue weighted by molar-refractivity contribution is 7.99. The van der Waals surface area contributed by atoms with E-state index < -0.39 is 66.3 Å². The molecule has 4 aromatic carbocycles. The van der Waals surface area contributed by atoms with Crippen molar-refractivity contribution in [3.63, 3.8) is 0 Å². The minimum absolute atomic E-state index is 0.0377. The summed E-state index contributed by atoms with van der Waals surface area (Å²) in [4.78, 5) is 37.2. The first kappa shape index (κ1) is 34.9. The maximum absolute atomic E-state index is 13.6. The second-order valence-corrected chi connectivity index (χ2v) is 14.1. The number of benzene rings is 4. The van der Waals surface area contributed by atoms with Gasteiger partial charge in [0.05, 0.1) is 11.3 Å². The molecule has 47 heavy (non-hydrogen) atoms. The minimum atomic E-state index is -4.79. The third-order valence-corrected chi connectivity index (χ3v) is 9.07. The number of phenolic OH excluding ortho intramolecular Hbond substituents is 1. The van der Waals surface area contributed by atoms with Gasteiger partial charge in [0.15, 0.2) is 5.75 Å². The first-order valence-electron chi connectivity index (χ1n) is 14.2. The van der Waals surface area contributed by atoms with Crippen molar-refractivity contribution < 1.29 is 37.2 Å². The molecular weight excluding hydrogens is 650 g/mol. The predicted octanol–water partition coefficient (Wildman–Crippen LogP) is 6.53. The molecule has 0 heterocycles. The normalized spacial score (nSPS) is 12.2. The summed E-state index contributed by atoms with van der Waals surface area (Å²) in [6.45, 7) is 5.03. The molecule has 1 unspecified atom stereocenters. The maximum Gasteiger partial charge on any atom is 0.334 e. The van der Waals surface area contributed by atoms with Gasteiger partial charge in [-0.15, -0.1) is 11.8 Å². The summed E-state index contributed by atoms with van der Waals surface area (Å²) < 4.78 is 47.9. The first-order valence-corrected chi connectivity index (χ1v) is 16.7. The summed E-state index contributed by atoms with van der Waals surface area (Å²) in [7, 11) is -4.79. The smallest absolute Gasteiger partial charge is 0.334 e. The maximum atomic E-state index is 13.6. The number of halogens is 1. The third-order valence-electron chi connectivity index (χ3n) is 6.52. The molecule has 1 amide bonds. The lowest BCUT2D eigenvalue weighted by Gasteiger charge is -2.24. The zero-order valence-electron chi connectivity index (χ0n) is 25.6. The SMILES string of the molecule is CC(C)(C)OC(=O)CC(CSc1ccccc1)Nc1c(S(=O)(=O)NC(=O)c2ccc(-c3ccc(F)cc3)cc2)ccc(O)c1[N+](=O)[O-]. The number of anilines is 1. The standard InChI is InChI=1S/C33H32FN3O8S2/c1-33(2,3)45-29(39)19-25(20-46-26-7-5-4-6-8-26)35-30-28(18-17-27(38)31(30)37(41)42)47(43,44)36-32(40)23-11-9-21(10-12-23)22-13-15-24(34)16-14-22/h4-18,25,35,38H,19-20H2,1-3H3,(H,36,40). The van der Waals surface area contributed by atoms with Crippen LogP contribution in [0.1, 0.15) is 37.6 Å². The zero-order chi connectivity index (χ0) is 34.4. The molecule has 11 nitrogen and oxygen atoms in total. The number of rotatable bonds is 12. The van der Waals surface area contributed by atoms with Crippen LogP contribution >= 0.6 is 11.8 Å². The van der Waals surface area contributed by atoms with Crippen molar-refractivity contribution in [2.24, 2.45) is 0 Å². The monoisotopic (exact) mass is 681 g/mol. The molecule has 0 bridgehead atoms. The van der Waals surface area contributed by atoms with Crippen molar-refractivity contribution >= 4 is 45.0 Å². The fourth-order valence-corrected chi connectivity index (χ4v) is 6.54. The van der Waals surface area contributed by atoms with E-state index in [1.54, 1.807) is 45.0 Å². The quantitative estimate of drug-likeness (QED) is 0.0648. The third kappa shape index (κ3) is 9.53. The van der Waals surface area contributed by atoms with Gasteiger partial charge in [-0.3, -0.25) is 19.7 Å². The lowest BCUT2D eigenvalue weighted by Crippen LogP contribution is -2.34. The molecule has 4 aromatic rings. The summed E-state index contributed by atoms with van der Waals surface area (Å²) in [6, 6.07) is 21.4. The Morgan fingerprint density at radius 3 is 2.13 bits per heavy atom. The van der Waals surface area contributed by atoms with Gasteiger partial charge in [-0.2, -0.15) is 0 Å². The highest BCUT2D eigenvalue weighted by Crippen LogP contribution is 2.40. The molecule has 1 atom stereocenters. The molecule has 3 N–H and O–H groups in total. The Morgan fingerprint density at radius 2 is 1.55 bits per heavy atom. The number of ether oxygens (including phenoxy) is 1. The van der Waals surface area contributed by atoms with Crippen LogP contribution in [0.25, 0.3) is 11.1 Å². The minimum Gasteiger partial charge on any atom is -0.502 e. The number of nitro groups is 1. The van der Waals surface area contributed by atoms with E-state index in [0.29, 0.717) is 11.1 Å². The Kier molecular flexibility index (Phi) is 10.9. The van der Waals surface area contributed by atoms with Crippen molar-refractivity contribution in [1.82, 2.24) is 4.72 Å². The number of carbonyl (C=O) groups excluding carboxylic acids is 2. The molecule has 0 saturated carbocycles. The molecule has 0 aliphatic rings. The second-order valence-electron chi connectivity index (χ2n) is 11.3. The molecule has 0 aliphatic heterocycles. The fraction of sp³-hybridized carbons (Fsp3) is 0.212. The van der Waals surface area contributed by atoms with Crippen LogP contribution in [0.4, 0.5) is 15.8 Å². The van der Waals surface area contributed by atoms with E-state index in [0.717, 1.165) is 17.0 Å². The van der Waals surface area contributed by atoms with E-state index in [-0.39, 0.29) is 17.7 Å². The van der Waals surface area contributed by atoms with Crippen LogP contribution in [0.15, 0.2) is 101 Å². The van der Waals surface area contributed by atoms with E-state index in [1.807, 2.05) is 35.1 Å². The van der Waals surface area contributed by atoms with Crippen LogP contribution in [0.3, 0.4) is 0 Å². The van der Waals surface area contributed by atoms with Gasteiger partial charge < -0.3 is 15.2 Å². The largest absolute Gasteiger partial charge is 0.502 e. The fourth-order valence-electron chi connectivity index (χ4n) is 4.46. The molecule has 246 valence electrons. The Bertz CT molecular complexity index is 1860. The molecule has 0 spiro atoms. The second kappa shape index (κ2) is 14.6. The number of amides is 1. The average molecular weight is 682 g/mol. The van der Waals surface area contributed by atoms with Gasteiger partial charge in [0.1, 0.15) is 22.0 Å². The number of carbonyl (C=O) groups is 2. The molecule has 0 saturated heterocycles. The van der Waals surface area contributed by atoms with E-state index >= 15 is 0 Å². The zero-order valence-corrected chi connectivity index (χ0v) is 27.2. The first-order chi connectivity index (χ1) is 22.1. The van der Waals surface area contributed by atoms with E-state index in [9.17, 15) is 37.6 Å². The van der Waals surface area contributed by atoms with E-state index in [1.165, 1.54) is 36.0 Å². The molecule has 14 heteroatoms. The van der Waals surface area contributed by atoms with Crippen molar-refractivity contribution in [3.05, 3.63) is 112 Å². The van der Waals surface area contributed by atoms with Crippen LogP contribution < -0.4 is 10.0 Å². The van der Waals surface area contributed by atoms with Crippen LogP contribution in [-0.4, -0.2) is 47.7 Å². The number of aromatic hydroxyl groups is 1. The van der Waals surface area contributed by atoms with Gasteiger partial charge in [-0.1, -0.05) is 42.5 Å². The van der Waals surface area contributed by atoms with Crippen molar-refractivity contribution in [2.45, 2.75) is 48.6 Å². The topological polar surface area (TPSA) is 165 Å². The van der Waals surface area contributed by atoms with Crippen LogP contribution in [0, 0.1) is 15.9 Å². The summed E-state index contributed by atoms with van der Waals surface area (Å²) in [6.07, 6.45) is -0.309. The Balaban J connectivity index is 1.65. The van der Waals surface area contributed by atoms with E-state index in [2.05, 4.69) is 5.32 Å². The molecule has 0 fully saturated rings. The molecule has 4 rings (SSSR count). The van der Waals surface area contributed by atoms with Crippen molar-refractivity contribution in [2.75, 3.05) is 11.1 Å². The summed E-state index contributed by atoms with van der Waals surface area (Å²) in [5, 5.41) is 25.3. The lowest BCUT2D eigenvalue weighted by molar-refractivity contribution is -0.385. The number of nitrogens with zero attached hydrogens (tertiary/aromatic N) is 1. The number of thioether (sulfide) groups is 1.